The Bertz CT molecular complexity index is 1250. The van der Waals surface area contributed by atoms with Gasteiger partial charge in [0.25, 0.3) is 0 Å². The average Bonchev–Trinajstić information content (AvgIpc) is 3.06. The number of benzene rings is 1. The molecule has 1 aliphatic rings. The fourth-order valence-corrected chi connectivity index (χ4v) is 4.51. The Morgan fingerprint density at radius 2 is 1.89 bits per heavy atom. The van der Waals surface area contributed by atoms with Gasteiger partial charge >= 0.3 is 11.2 Å². The molecule has 1 fully saturated rings. The van der Waals surface area contributed by atoms with Crippen molar-refractivity contribution in [3.05, 3.63) is 64.8 Å². The number of nitrogens with one attached hydrogen (secondary N) is 1. The molecule has 0 spiro atoms. The Hall–Kier alpha value is -3.25. The number of halogens is 3. The lowest BCUT2D eigenvalue weighted by molar-refractivity contribution is -0.121. The second kappa shape index (κ2) is 10.2. The van der Waals surface area contributed by atoms with Crippen LogP contribution in [-0.2, 0) is 11.3 Å². The zero-order valence-corrected chi connectivity index (χ0v) is 19.6. The van der Waals surface area contributed by atoms with E-state index in [9.17, 15) is 27.9 Å². The fourth-order valence-electron chi connectivity index (χ4n) is 3.97. The second-order valence-corrected chi connectivity index (χ2v) is 9.53. The predicted molar refractivity (Wildman–Crippen MR) is 126 cm³/mol. The Morgan fingerprint density at radius 3 is 2.54 bits per heavy atom. The van der Waals surface area contributed by atoms with Gasteiger partial charge in [0.05, 0.1) is 18.4 Å². The normalized spacial score (nSPS) is 15.3. The van der Waals surface area contributed by atoms with E-state index < -0.39 is 11.2 Å². The highest BCUT2D eigenvalue weighted by molar-refractivity contribution is 8.00. The summed E-state index contributed by atoms with van der Waals surface area (Å²) in [5.41, 5.74) is -4.07. The standard InChI is InChI=1S/C23H24F3N5O3S/c1-29-10-7-16(8-11-29)21(33)28-19-12-15(6-9-27-19)13-30-14-20(32)31(22(30)34)17-2-4-18(5-3-17)35-23(24,25)26/h2-6,9,12,14,16,32H,7-8,10-11,13H2,1H3,(H,27,28,33). The van der Waals surface area contributed by atoms with Gasteiger partial charge in [-0.15, -0.1) is 0 Å². The third-order valence-electron chi connectivity index (χ3n) is 5.78. The van der Waals surface area contributed by atoms with E-state index in [0.29, 0.717) is 11.4 Å². The molecule has 3 heterocycles. The van der Waals surface area contributed by atoms with E-state index in [1.165, 1.54) is 41.2 Å². The monoisotopic (exact) mass is 507 g/mol. The number of nitrogens with zero attached hydrogens (tertiary/aromatic N) is 4. The van der Waals surface area contributed by atoms with Crippen LogP contribution in [0.3, 0.4) is 0 Å². The van der Waals surface area contributed by atoms with Gasteiger partial charge in [0, 0.05) is 17.0 Å². The third-order valence-corrected chi connectivity index (χ3v) is 6.52. The lowest BCUT2D eigenvalue weighted by atomic mass is 9.96. The van der Waals surface area contributed by atoms with E-state index in [0.717, 1.165) is 30.5 Å². The summed E-state index contributed by atoms with van der Waals surface area (Å²) in [5, 5.41) is 13.2. The predicted octanol–water partition coefficient (Wildman–Crippen LogP) is 3.68. The maximum atomic E-state index is 12.9. The molecule has 0 aliphatic carbocycles. The fraction of sp³-hybridized carbons (Fsp3) is 0.348. The van der Waals surface area contributed by atoms with Gasteiger partial charge in [0.15, 0.2) is 0 Å². The number of pyridine rings is 1. The van der Waals surface area contributed by atoms with Crippen LogP contribution in [0.4, 0.5) is 19.0 Å². The highest BCUT2D eigenvalue weighted by atomic mass is 32.2. The van der Waals surface area contributed by atoms with Crippen LogP contribution < -0.4 is 11.0 Å². The summed E-state index contributed by atoms with van der Waals surface area (Å²) in [6, 6.07) is 8.50. The van der Waals surface area contributed by atoms with E-state index in [-0.39, 0.29) is 46.6 Å². The smallest absolute Gasteiger partial charge is 0.446 e. The number of anilines is 1. The number of rotatable bonds is 6. The minimum absolute atomic E-state index is 0.0279. The van der Waals surface area contributed by atoms with E-state index in [2.05, 4.69) is 15.2 Å². The van der Waals surface area contributed by atoms with Crippen LogP contribution in [0.2, 0.25) is 0 Å². The Morgan fingerprint density at radius 1 is 1.20 bits per heavy atom. The molecule has 8 nitrogen and oxygen atoms in total. The molecular formula is C23H24F3N5O3S. The van der Waals surface area contributed by atoms with Crippen molar-refractivity contribution in [2.45, 2.75) is 29.8 Å². The number of aromatic nitrogens is 3. The number of piperidine rings is 1. The molecule has 0 radical (unpaired) electrons. The summed E-state index contributed by atoms with van der Waals surface area (Å²) in [5.74, 6) is -0.140. The molecule has 1 aliphatic heterocycles. The first-order chi connectivity index (χ1) is 16.6. The quantitative estimate of drug-likeness (QED) is 0.495. The van der Waals surface area contributed by atoms with Gasteiger partial charge in [-0.1, -0.05) is 0 Å². The first-order valence-corrected chi connectivity index (χ1v) is 11.7. The van der Waals surface area contributed by atoms with Crippen molar-refractivity contribution in [1.82, 2.24) is 19.0 Å². The van der Waals surface area contributed by atoms with E-state index in [4.69, 9.17) is 0 Å². The van der Waals surface area contributed by atoms with Gasteiger partial charge < -0.3 is 15.3 Å². The van der Waals surface area contributed by atoms with Crippen LogP contribution in [0.5, 0.6) is 5.88 Å². The summed E-state index contributed by atoms with van der Waals surface area (Å²) in [4.78, 5) is 31.8. The molecule has 1 amide bonds. The minimum Gasteiger partial charge on any atom is -0.493 e. The summed E-state index contributed by atoms with van der Waals surface area (Å²) >= 11 is -0.259. The summed E-state index contributed by atoms with van der Waals surface area (Å²) in [6.07, 6.45) is 4.33. The van der Waals surface area contributed by atoms with Gasteiger partial charge in [0.2, 0.25) is 11.8 Å². The maximum absolute atomic E-state index is 12.9. The maximum Gasteiger partial charge on any atom is 0.446 e. The number of hydrogen-bond donors (Lipinski definition) is 2. The first-order valence-electron chi connectivity index (χ1n) is 10.9. The Kier molecular flexibility index (Phi) is 7.22. The van der Waals surface area contributed by atoms with Gasteiger partial charge in [0.1, 0.15) is 5.82 Å². The van der Waals surface area contributed by atoms with E-state index in [1.807, 2.05) is 7.05 Å². The number of aromatic hydroxyl groups is 1. The van der Waals surface area contributed by atoms with Gasteiger partial charge in [-0.25, -0.2) is 14.3 Å². The number of likely N-dealkylation sites (tertiary alicyclic amines) is 1. The molecule has 1 aromatic carbocycles. The van der Waals surface area contributed by atoms with Crippen LogP contribution in [0.15, 0.2) is 58.5 Å². The Labute approximate surface area is 203 Å². The van der Waals surface area contributed by atoms with Gasteiger partial charge in [-0.05, 0) is 86.7 Å². The Balaban J connectivity index is 1.47. The topological polar surface area (TPSA) is 92.4 Å². The molecule has 0 atom stereocenters. The van der Waals surface area contributed by atoms with Crippen molar-refractivity contribution < 1.29 is 23.1 Å². The van der Waals surface area contributed by atoms with Crippen molar-refractivity contribution in [2.24, 2.45) is 5.92 Å². The number of amides is 1. The number of thioether (sulfide) groups is 1. The SMILES string of the molecule is CN1CCC(C(=O)Nc2cc(Cn3cc(O)n(-c4ccc(SC(F)(F)F)cc4)c3=O)ccn2)CC1. The third kappa shape index (κ3) is 6.25. The van der Waals surface area contributed by atoms with Crippen molar-refractivity contribution in [1.29, 1.82) is 0 Å². The lowest BCUT2D eigenvalue weighted by Crippen LogP contribution is -2.36. The molecule has 12 heteroatoms. The van der Waals surface area contributed by atoms with Crippen LogP contribution in [0, 0.1) is 5.92 Å². The van der Waals surface area contributed by atoms with Crippen LogP contribution in [-0.4, -0.2) is 55.7 Å². The molecule has 0 unspecified atom stereocenters. The number of carbonyl (C=O) groups is 1. The van der Waals surface area contributed by atoms with Gasteiger partial charge in [-0.3, -0.25) is 9.36 Å². The highest BCUT2D eigenvalue weighted by Gasteiger charge is 2.29. The van der Waals surface area contributed by atoms with E-state index in [1.54, 1.807) is 12.1 Å². The van der Waals surface area contributed by atoms with Crippen molar-refractivity contribution >= 4 is 23.5 Å². The van der Waals surface area contributed by atoms with Crippen LogP contribution in [0.25, 0.3) is 5.69 Å². The molecule has 2 N–H and O–H groups in total. The summed E-state index contributed by atoms with van der Waals surface area (Å²) in [7, 11) is 2.02. The number of alkyl halides is 3. The molecule has 3 aromatic rings. The largest absolute Gasteiger partial charge is 0.493 e. The summed E-state index contributed by atoms with van der Waals surface area (Å²) < 4.78 is 39.9. The molecule has 2 aromatic heterocycles. The molecule has 186 valence electrons. The number of hydrogen-bond acceptors (Lipinski definition) is 6. The molecule has 35 heavy (non-hydrogen) atoms. The number of imidazole rings is 1. The molecule has 1 saturated heterocycles. The van der Waals surface area contributed by atoms with Crippen LogP contribution in [0.1, 0.15) is 18.4 Å². The zero-order valence-electron chi connectivity index (χ0n) is 18.8. The zero-order chi connectivity index (χ0) is 25.2. The molecule has 0 bridgehead atoms. The number of carbonyl (C=O) groups excluding carboxylic acids is 1. The van der Waals surface area contributed by atoms with Crippen molar-refractivity contribution in [3.8, 4) is 11.6 Å². The first kappa shape index (κ1) is 24.9. The van der Waals surface area contributed by atoms with Crippen molar-refractivity contribution in [2.75, 3.05) is 25.5 Å². The molecule has 0 saturated carbocycles. The average molecular weight is 508 g/mol. The van der Waals surface area contributed by atoms with E-state index >= 15 is 0 Å². The lowest BCUT2D eigenvalue weighted by Gasteiger charge is -2.27. The minimum atomic E-state index is -4.42. The molecular weight excluding hydrogens is 483 g/mol. The van der Waals surface area contributed by atoms with Gasteiger partial charge in [-0.2, -0.15) is 13.2 Å². The summed E-state index contributed by atoms with van der Waals surface area (Å²) in [6.45, 7) is 1.82. The van der Waals surface area contributed by atoms with Crippen molar-refractivity contribution in [3.63, 3.8) is 0 Å². The highest BCUT2D eigenvalue weighted by Crippen LogP contribution is 2.37. The molecule has 4 rings (SSSR count). The van der Waals surface area contributed by atoms with Crippen LogP contribution >= 0.6 is 11.8 Å². The second-order valence-electron chi connectivity index (χ2n) is 8.39.